The number of aryl methyl sites for hydroxylation is 1. The number of amides is 1. The molecule has 1 aromatic heterocycles. The second-order valence-corrected chi connectivity index (χ2v) is 4.89. The van der Waals surface area contributed by atoms with Crippen LogP contribution in [-0.2, 0) is 7.05 Å². The van der Waals surface area contributed by atoms with Gasteiger partial charge in [-0.2, -0.15) is 5.10 Å². The number of para-hydroxylation sites is 1. The third kappa shape index (κ3) is 2.21. The molecule has 2 aromatic rings. The Morgan fingerprint density at radius 3 is 3.00 bits per heavy atom. The van der Waals surface area contributed by atoms with Crippen LogP contribution >= 0.6 is 0 Å². The van der Waals surface area contributed by atoms with E-state index in [4.69, 9.17) is 0 Å². The monoisotopic (exact) mass is 258 g/mol. The van der Waals surface area contributed by atoms with Gasteiger partial charge in [-0.3, -0.25) is 9.48 Å². The fraction of sp³-hybridized carbons (Fsp3) is 0.429. The molecule has 0 saturated carbocycles. The molecule has 3 rings (SSSR count). The van der Waals surface area contributed by atoms with Crippen molar-refractivity contribution in [3.05, 3.63) is 30.0 Å². The first-order valence-corrected chi connectivity index (χ1v) is 6.69. The Hall–Kier alpha value is -1.88. The zero-order valence-corrected chi connectivity index (χ0v) is 11.1. The molecule has 1 saturated heterocycles. The van der Waals surface area contributed by atoms with E-state index in [1.165, 1.54) is 0 Å². The Labute approximate surface area is 112 Å². The normalized spacial score (nSPS) is 16.6. The standard InChI is InChI=1S/C14H18N4O/c1-17-12-6-3-2-5-11(12)13(16-17)14(19)18-9-4-7-15-8-10-18/h2-3,5-6,15H,4,7-10H2,1H3. The Kier molecular flexibility index (Phi) is 3.21. The molecule has 1 aliphatic rings. The van der Waals surface area contributed by atoms with Crippen LogP contribution in [0.25, 0.3) is 10.9 Å². The van der Waals surface area contributed by atoms with E-state index in [2.05, 4.69) is 10.4 Å². The molecule has 1 aromatic carbocycles. The fourth-order valence-electron chi connectivity index (χ4n) is 2.57. The third-order valence-electron chi connectivity index (χ3n) is 3.59. The molecule has 0 unspecified atom stereocenters. The Balaban J connectivity index is 1.97. The molecule has 0 radical (unpaired) electrons. The molecule has 100 valence electrons. The van der Waals surface area contributed by atoms with Crippen LogP contribution in [0.5, 0.6) is 0 Å². The number of hydrogen-bond donors (Lipinski definition) is 1. The second kappa shape index (κ2) is 5.01. The van der Waals surface area contributed by atoms with E-state index in [0.717, 1.165) is 43.5 Å². The fourth-order valence-corrected chi connectivity index (χ4v) is 2.57. The molecule has 0 bridgehead atoms. The number of nitrogens with zero attached hydrogens (tertiary/aromatic N) is 3. The van der Waals surface area contributed by atoms with Crippen molar-refractivity contribution in [2.45, 2.75) is 6.42 Å². The largest absolute Gasteiger partial charge is 0.336 e. The van der Waals surface area contributed by atoms with Crippen molar-refractivity contribution >= 4 is 16.8 Å². The quantitative estimate of drug-likeness (QED) is 0.830. The van der Waals surface area contributed by atoms with Gasteiger partial charge in [0.25, 0.3) is 5.91 Å². The zero-order chi connectivity index (χ0) is 13.2. The van der Waals surface area contributed by atoms with Crippen LogP contribution in [0.2, 0.25) is 0 Å². The smallest absolute Gasteiger partial charge is 0.275 e. The van der Waals surface area contributed by atoms with Crippen LogP contribution in [0.15, 0.2) is 24.3 Å². The van der Waals surface area contributed by atoms with E-state index in [1.807, 2.05) is 36.2 Å². The van der Waals surface area contributed by atoms with Crippen LogP contribution in [0, 0.1) is 0 Å². The van der Waals surface area contributed by atoms with Gasteiger partial charge in [0.2, 0.25) is 0 Å². The predicted molar refractivity (Wildman–Crippen MR) is 74.1 cm³/mol. The minimum absolute atomic E-state index is 0.0421. The molecule has 0 aliphatic carbocycles. The van der Waals surface area contributed by atoms with Gasteiger partial charge in [-0.15, -0.1) is 0 Å². The molecule has 5 heteroatoms. The molecule has 1 N–H and O–H groups in total. The number of aromatic nitrogens is 2. The van der Waals surface area contributed by atoms with Gasteiger partial charge in [-0.05, 0) is 19.0 Å². The maximum atomic E-state index is 12.6. The van der Waals surface area contributed by atoms with Crippen LogP contribution in [0.3, 0.4) is 0 Å². The average Bonchev–Trinajstić information content (AvgIpc) is 2.64. The average molecular weight is 258 g/mol. The van der Waals surface area contributed by atoms with Gasteiger partial charge >= 0.3 is 0 Å². The Bertz CT molecular complexity index is 597. The highest BCUT2D eigenvalue weighted by Crippen LogP contribution is 2.19. The van der Waals surface area contributed by atoms with Gasteiger partial charge in [0.1, 0.15) is 0 Å². The van der Waals surface area contributed by atoms with E-state index < -0.39 is 0 Å². The molecule has 19 heavy (non-hydrogen) atoms. The topological polar surface area (TPSA) is 50.2 Å². The van der Waals surface area contributed by atoms with Gasteiger partial charge in [-0.25, -0.2) is 0 Å². The van der Waals surface area contributed by atoms with Gasteiger partial charge in [0, 0.05) is 32.1 Å². The Morgan fingerprint density at radius 2 is 2.11 bits per heavy atom. The van der Waals surface area contributed by atoms with Gasteiger partial charge in [0.05, 0.1) is 5.52 Å². The number of carbonyl (C=O) groups excluding carboxylic acids is 1. The van der Waals surface area contributed by atoms with Crippen LogP contribution < -0.4 is 5.32 Å². The summed E-state index contributed by atoms with van der Waals surface area (Å²) in [6, 6.07) is 7.87. The number of carbonyl (C=O) groups is 1. The van der Waals surface area contributed by atoms with Crippen molar-refractivity contribution in [3.8, 4) is 0 Å². The Morgan fingerprint density at radius 1 is 1.26 bits per heavy atom. The summed E-state index contributed by atoms with van der Waals surface area (Å²) in [5.74, 6) is 0.0421. The van der Waals surface area contributed by atoms with E-state index in [1.54, 1.807) is 4.68 Å². The molecule has 1 aliphatic heterocycles. The molecule has 2 heterocycles. The highest BCUT2D eigenvalue weighted by atomic mass is 16.2. The lowest BCUT2D eigenvalue weighted by Crippen LogP contribution is -2.34. The summed E-state index contributed by atoms with van der Waals surface area (Å²) in [5.41, 5.74) is 1.57. The lowest BCUT2D eigenvalue weighted by Gasteiger charge is -2.18. The number of fused-ring (bicyclic) bond motifs is 1. The van der Waals surface area contributed by atoms with Crippen molar-refractivity contribution in [2.75, 3.05) is 26.2 Å². The van der Waals surface area contributed by atoms with Crippen LogP contribution in [0.1, 0.15) is 16.9 Å². The summed E-state index contributed by atoms with van der Waals surface area (Å²) in [4.78, 5) is 14.5. The van der Waals surface area contributed by atoms with E-state index >= 15 is 0 Å². The molecule has 1 fully saturated rings. The second-order valence-electron chi connectivity index (χ2n) is 4.89. The van der Waals surface area contributed by atoms with Crippen LogP contribution in [-0.4, -0.2) is 46.8 Å². The van der Waals surface area contributed by atoms with Gasteiger partial charge in [-0.1, -0.05) is 18.2 Å². The van der Waals surface area contributed by atoms with Gasteiger partial charge in [0.15, 0.2) is 5.69 Å². The number of hydrogen-bond acceptors (Lipinski definition) is 3. The molecular formula is C14H18N4O. The first kappa shape index (κ1) is 12.2. The van der Waals surface area contributed by atoms with E-state index in [-0.39, 0.29) is 5.91 Å². The van der Waals surface area contributed by atoms with Crippen molar-refractivity contribution in [1.29, 1.82) is 0 Å². The maximum absolute atomic E-state index is 12.6. The summed E-state index contributed by atoms with van der Waals surface area (Å²) in [7, 11) is 1.88. The van der Waals surface area contributed by atoms with Crippen molar-refractivity contribution < 1.29 is 4.79 Å². The SMILES string of the molecule is Cn1nc(C(=O)N2CCCNCC2)c2ccccc21. The molecular weight excluding hydrogens is 240 g/mol. The minimum Gasteiger partial charge on any atom is -0.336 e. The highest BCUT2D eigenvalue weighted by Gasteiger charge is 2.22. The maximum Gasteiger partial charge on any atom is 0.275 e. The predicted octanol–water partition coefficient (Wildman–Crippen LogP) is 1.01. The lowest BCUT2D eigenvalue weighted by atomic mass is 10.2. The number of nitrogens with one attached hydrogen (secondary N) is 1. The summed E-state index contributed by atoms with van der Waals surface area (Å²) in [6.45, 7) is 3.39. The molecule has 1 amide bonds. The number of benzene rings is 1. The molecule has 5 nitrogen and oxygen atoms in total. The van der Waals surface area contributed by atoms with E-state index in [9.17, 15) is 4.79 Å². The van der Waals surface area contributed by atoms with E-state index in [0.29, 0.717) is 5.69 Å². The third-order valence-corrected chi connectivity index (χ3v) is 3.59. The lowest BCUT2D eigenvalue weighted by molar-refractivity contribution is 0.0761. The first-order chi connectivity index (χ1) is 9.27. The molecule has 0 atom stereocenters. The summed E-state index contributed by atoms with van der Waals surface area (Å²) >= 11 is 0. The van der Waals surface area contributed by atoms with Crippen molar-refractivity contribution in [1.82, 2.24) is 20.0 Å². The first-order valence-electron chi connectivity index (χ1n) is 6.69. The number of rotatable bonds is 1. The van der Waals surface area contributed by atoms with Crippen molar-refractivity contribution in [2.24, 2.45) is 7.05 Å². The van der Waals surface area contributed by atoms with Gasteiger partial charge < -0.3 is 10.2 Å². The van der Waals surface area contributed by atoms with Crippen molar-refractivity contribution in [3.63, 3.8) is 0 Å². The minimum atomic E-state index is 0.0421. The summed E-state index contributed by atoms with van der Waals surface area (Å²) in [5, 5.41) is 8.64. The highest BCUT2D eigenvalue weighted by molar-refractivity contribution is 6.04. The molecule has 0 spiro atoms. The summed E-state index contributed by atoms with van der Waals surface area (Å²) in [6.07, 6.45) is 0.997. The summed E-state index contributed by atoms with van der Waals surface area (Å²) < 4.78 is 1.78. The van der Waals surface area contributed by atoms with Crippen LogP contribution in [0.4, 0.5) is 0 Å². The zero-order valence-electron chi connectivity index (χ0n) is 11.1.